The highest BCUT2D eigenvalue weighted by atomic mass is 79.9. The Morgan fingerprint density at radius 2 is 1.50 bits per heavy atom. The Kier molecular flexibility index (Phi) is 9.37. The summed E-state index contributed by atoms with van der Waals surface area (Å²) in [6.45, 7) is 4.69. The standard InChI is InChI=1S/C34H28BrClN2O6/c1-20-12-21(2)14-24(13-20)19-44-31-29(35)16-23(17-30(31)42-3)15-28-32(39)37-34(41)38(33(28)40)26-8-10-27(11-9-26)43-18-22-4-6-25(36)7-5-22/h4-17H,18-19H2,1-3H3,(H,37,39,41)/b28-15+. The summed E-state index contributed by atoms with van der Waals surface area (Å²) >= 11 is 9.46. The van der Waals surface area contributed by atoms with E-state index in [1.807, 2.05) is 26.0 Å². The molecule has 1 heterocycles. The second kappa shape index (κ2) is 13.4. The number of nitrogens with one attached hydrogen (secondary N) is 1. The highest BCUT2D eigenvalue weighted by molar-refractivity contribution is 9.10. The molecule has 5 rings (SSSR count). The predicted molar refractivity (Wildman–Crippen MR) is 172 cm³/mol. The number of nitrogens with zero attached hydrogens (tertiary/aromatic N) is 1. The lowest BCUT2D eigenvalue weighted by Gasteiger charge is -2.26. The van der Waals surface area contributed by atoms with Gasteiger partial charge in [-0.3, -0.25) is 14.9 Å². The molecule has 1 fully saturated rings. The number of aryl methyl sites for hydroxylation is 2. The molecule has 4 amide bonds. The fourth-order valence-electron chi connectivity index (χ4n) is 4.77. The highest BCUT2D eigenvalue weighted by Gasteiger charge is 2.37. The quantitative estimate of drug-likeness (QED) is 0.145. The molecule has 0 unspecified atom stereocenters. The van der Waals surface area contributed by atoms with Gasteiger partial charge in [0.15, 0.2) is 11.5 Å². The fourth-order valence-corrected chi connectivity index (χ4v) is 5.47. The van der Waals surface area contributed by atoms with Gasteiger partial charge in [-0.15, -0.1) is 0 Å². The summed E-state index contributed by atoms with van der Waals surface area (Å²) in [5, 5.41) is 2.88. The van der Waals surface area contributed by atoms with Crippen molar-refractivity contribution in [2.24, 2.45) is 0 Å². The third-order valence-corrected chi connectivity index (χ3v) is 7.58. The number of rotatable bonds is 9. The SMILES string of the molecule is COc1cc(/C=C2\C(=O)NC(=O)N(c3ccc(OCc4ccc(Cl)cc4)cc3)C2=O)cc(Br)c1OCc1cc(C)cc(C)c1. The fraction of sp³-hybridized carbons (Fsp3) is 0.147. The lowest BCUT2D eigenvalue weighted by atomic mass is 10.1. The van der Waals surface area contributed by atoms with Crippen LogP contribution in [-0.4, -0.2) is 25.0 Å². The van der Waals surface area contributed by atoms with Crippen LogP contribution in [-0.2, 0) is 22.8 Å². The number of anilines is 1. The minimum Gasteiger partial charge on any atom is -0.493 e. The van der Waals surface area contributed by atoms with Crippen LogP contribution in [0.2, 0.25) is 5.02 Å². The number of carbonyl (C=O) groups excluding carboxylic acids is 3. The van der Waals surface area contributed by atoms with Crippen LogP contribution in [0.1, 0.15) is 27.8 Å². The Morgan fingerprint density at radius 1 is 0.841 bits per heavy atom. The summed E-state index contributed by atoms with van der Waals surface area (Å²) in [7, 11) is 1.50. The minimum atomic E-state index is -0.846. The summed E-state index contributed by atoms with van der Waals surface area (Å²) in [6, 6.07) is 22.4. The molecular formula is C34H28BrClN2O6. The van der Waals surface area contributed by atoms with Crippen LogP contribution < -0.4 is 24.4 Å². The molecule has 0 aromatic heterocycles. The molecule has 1 aliphatic heterocycles. The maximum atomic E-state index is 13.5. The van der Waals surface area contributed by atoms with Crippen LogP contribution in [0.25, 0.3) is 6.08 Å². The van der Waals surface area contributed by atoms with Crippen molar-refractivity contribution in [2.75, 3.05) is 12.0 Å². The molecule has 4 aromatic carbocycles. The molecule has 224 valence electrons. The van der Waals surface area contributed by atoms with E-state index in [2.05, 4.69) is 39.4 Å². The van der Waals surface area contributed by atoms with Crippen molar-refractivity contribution in [1.82, 2.24) is 5.32 Å². The zero-order valence-corrected chi connectivity index (χ0v) is 26.5. The van der Waals surface area contributed by atoms with Crippen molar-refractivity contribution in [2.45, 2.75) is 27.1 Å². The van der Waals surface area contributed by atoms with Crippen LogP contribution >= 0.6 is 27.5 Å². The van der Waals surface area contributed by atoms with E-state index in [1.165, 1.54) is 13.2 Å². The van der Waals surface area contributed by atoms with E-state index in [0.717, 1.165) is 27.2 Å². The molecule has 0 radical (unpaired) electrons. The molecule has 0 spiro atoms. The van der Waals surface area contributed by atoms with E-state index in [-0.39, 0.29) is 11.3 Å². The number of benzene rings is 4. The van der Waals surface area contributed by atoms with Crippen LogP contribution in [0.15, 0.2) is 88.9 Å². The number of barbiturate groups is 1. The molecule has 0 atom stereocenters. The Hall–Kier alpha value is -4.60. The number of hydrogen-bond acceptors (Lipinski definition) is 6. The maximum Gasteiger partial charge on any atom is 0.335 e. The summed E-state index contributed by atoms with van der Waals surface area (Å²) in [5.74, 6) is -0.148. The number of hydrogen-bond donors (Lipinski definition) is 1. The molecule has 0 saturated carbocycles. The monoisotopic (exact) mass is 674 g/mol. The molecule has 1 saturated heterocycles. The van der Waals surface area contributed by atoms with Gasteiger partial charge in [0.2, 0.25) is 0 Å². The molecule has 10 heteroatoms. The van der Waals surface area contributed by atoms with E-state index < -0.39 is 17.8 Å². The first-order valence-corrected chi connectivity index (χ1v) is 14.7. The largest absolute Gasteiger partial charge is 0.493 e. The zero-order valence-electron chi connectivity index (χ0n) is 24.1. The van der Waals surface area contributed by atoms with Crippen LogP contribution in [0.4, 0.5) is 10.5 Å². The van der Waals surface area contributed by atoms with Gasteiger partial charge in [0.1, 0.15) is 24.5 Å². The number of halogens is 2. The van der Waals surface area contributed by atoms with E-state index >= 15 is 0 Å². The zero-order chi connectivity index (χ0) is 31.4. The molecule has 8 nitrogen and oxygen atoms in total. The molecular weight excluding hydrogens is 648 g/mol. The van der Waals surface area contributed by atoms with Gasteiger partial charge in [0, 0.05) is 5.02 Å². The number of methoxy groups -OCH3 is 1. The Bertz CT molecular complexity index is 1750. The van der Waals surface area contributed by atoms with Crippen LogP contribution in [0, 0.1) is 13.8 Å². The molecule has 44 heavy (non-hydrogen) atoms. The summed E-state index contributed by atoms with van der Waals surface area (Å²) < 4.78 is 18.0. The van der Waals surface area contributed by atoms with Crippen molar-refractivity contribution >= 4 is 57.1 Å². The first-order valence-electron chi connectivity index (χ1n) is 13.6. The molecule has 1 N–H and O–H groups in total. The lowest BCUT2D eigenvalue weighted by molar-refractivity contribution is -0.122. The van der Waals surface area contributed by atoms with E-state index in [0.29, 0.717) is 45.5 Å². The first-order chi connectivity index (χ1) is 21.1. The number of imide groups is 2. The molecule has 4 aromatic rings. The van der Waals surface area contributed by atoms with Gasteiger partial charge >= 0.3 is 6.03 Å². The van der Waals surface area contributed by atoms with Gasteiger partial charge in [-0.05, 0) is 101 Å². The second-order valence-electron chi connectivity index (χ2n) is 10.2. The first kappa shape index (κ1) is 30.8. The third kappa shape index (κ3) is 7.12. The Labute approximate surface area is 268 Å². The van der Waals surface area contributed by atoms with Crippen molar-refractivity contribution in [3.8, 4) is 17.2 Å². The van der Waals surface area contributed by atoms with Gasteiger partial charge in [-0.2, -0.15) is 0 Å². The summed E-state index contributed by atoms with van der Waals surface area (Å²) in [6.07, 6.45) is 1.40. The minimum absolute atomic E-state index is 0.217. The third-order valence-electron chi connectivity index (χ3n) is 6.74. The highest BCUT2D eigenvalue weighted by Crippen LogP contribution is 2.38. The number of urea groups is 1. The average Bonchev–Trinajstić information content (AvgIpc) is 2.98. The number of ether oxygens (including phenoxy) is 3. The van der Waals surface area contributed by atoms with Crippen LogP contribution in [0.3, 0.4) is 0 Å². The van der Waals surface area contributed by atoms with Crippen molar-refractivity contribution < 1.29 is 28.6 Å². The van der Waals surface area contributed by atoms with Crippen molar-refractivity contribution in [1.29, 1.82) is 0 Å². The normalized spacial score (nSPS) is 14.1. The van der Waals surface area contributed by atoms with E-state index in [4.69, 9.17) is 25.8 Å². The molecule has 0 aliphatic carbocycles. The van der Waals surface area contributed by atoms with Gasteiger partial charge < -0.3 is 14.2 Å². The smallest absolute Gasteiger partial charge is 0.335 e. The Balaban J connectivity index is 1.34. The van der Waals surface area contributed by atoms with Crippen LogP contribution in [0.5, 0.6) is 17.2 Å². The summed E-state index contributed by atoms with van der Waals surface area (Å²) in [4.78, 5) is 39.9. The average molecular weight is 676 g/mol. The van der Waals surface area contributed by atoms with Crippen molar-refractivity contribution in [3.63, 3.8) is 0 Å². The predicted octanol–water partition coefficient (Wildman–Crippen LogP) is 7.55. The van der Waals surface area contributed by atoms with Crippen molar-refractivity contribution in [3.05, 3.63) is 122 Å². The van der Waals surface area contributed by atoms with Gasteiger partial charge in [0.05, 0.1) is 17.3 Å². The topological polar surface area (TPSA) is 94.2 Å². The van der Waals surface area contributed by atoms with Gasteiger partial charge in [0.25, 0.3) is 11.8 Å². The second-order valence-corrected chi connectivity index (χ2v) is 11.5. The van der Waals surface area contributed by atoms with E-state index in [1.54, 1.807) is 48.5 Å². The van der Waals surface area contributed by atoms with Gasteiger partial charge in [-0.1, -0.05) is 53.1 Å². The summed E-state index contributed by atoms with van der Waals surface area (Å²) in [5.41, 5.74) is 4.77. The number of amides is 4. The lowest BCUT2D eigenvalue weighted by Crippen LogP contribution is -2.54. The molecule has 1 aliphatic rings. The Morgan fingerprint density at radius 3 is 2.16 bits per heavy atom. The number of carbonyl (C=O) groups is 3. The maximum absolute atomic E-state index is 13.5. The van der Waals surface area contributed by atoms with E-state index in [9.17, 15) is 14.4 Å². The van der Waals surface area contributed by atoms with Gasteiger partial charge in [-0.25, -0.2) is 9.69 Å². The molecule has 0 bridgehead atoms.